The van der Waals surface area contributed by atoms with Crippen molar-refractivity contribution in [3.05, 3.63) is 6.42 Å². The second-order valence-corrected chi connectivity index (χ2v) is 5.83. The van der Waals surface area contributed by atoms with Crippen LogP contribution in [0.15, 0.2) is 0 Å². The molecule has 1 atom stereocenters. The molecule has 79 valence electrons. The smallest absolute Gasteiger partial charge is 0.0304 e. The normalized spacial score (nSPS) is 15.0. The van der Waals surface area contributed by atoms with Crippen LogP contribution >= 0.6 is 0 Å². The highest BCUT2D eigenvalue weighted by Crippen LogP contribution is 2.26. The van der Waals surface area contributed by atoms with Crippen LogP contribution in [0.25, 0.3) is 0 Å². The van der Waals surface area contributed by atoms with Gasteiger partial charge in [-0.2, -0.15) is 0 Å². The molecule has 13 heavy (non-hydrogen) atoms. The zero-order valence-electron chi connectivity index (χ0n) is 10.4. The van der Waals surface area contributed by atoms with Gasteiger partial charge in [0.05, 0.1) is 0 Å². The van der Waals surface area contributed by atoms with Gasteiger partial charge in [0, 0.05) is 0 Å². The third-order valence-corrected chi connectivity index (χ3v) is 2.23. The van der Waals surface area contributed by atoms with Crippen molar-refractivity contribution < 1.29 is 0 Å². The quantitative estimate of drug-likeness (QED) is 0.579. The first-order valence-corrected chi connectivity index (χ1v) is 5.67. The van der Waals surface area contributed by atoms with Crippen LogP contribution in [0.5, 0.6) is 0 Å². The van der Waals surface area contributed by atoms with Crippen LogP contribution in [0.4, 0.5) is 0 Å². The van der Waals surface area contributed by atoms with Crippen molar-refractivity contribution in [1.82, 2.24) is 0 Å². The molecule has 0 aromatic carbocycles. The minimum atomic E-state index is 0.386. The van der Waals surface area contributed by atoms with Gasteiger partial charge in [0.15, 0.2) is 0 Å². The summed E-state index contributed by atoms with van der Waals surface area (Å²) in [7, 11) is 0. The lowest BCUT2D eigenvalue weighted by molar-refractivity contribution is 0.394. The standard InChI is InChI=1S/C13H27/c1-11(2)8-7-9-12(3)10-13(4,5)6/h10-12H,7-9H2,1-6H3. The molecule has 0 N–H and O–H groups in total. The van der Waals surface area contributed by atoms with E-state index in [-0.39, 0.29) is 0 Å². The molecule has 0 aliphatic heterocycles. The van der Waals surface area contributed by atoms with Gasteiger partial charge in [0.1, 0.15) is 0 Å². The maximum absolute atomic E-state index is 2.48. The van der Waals surface area contributed by atoms with E-state index in [0.29, 0.717) is 5.41 Å². The summed E-state index contributed by atoms with van der Waals surface area (Å²) in [6.45, 7) is 13.8. The SMILES string of the molecule is CC(C)CCCC(C)[CH]C(C)(C)C. The average molecular weight is 183 g/mol. The molecule has 1 unspecified atom stereocenters. The first-order chi connectivity index (χ1) is 5.81. The van der Waals surface area contributed by atoms with Crippen molar-refractivity contribution >= 4 is 0 Å². The lowest BCUT2D eigenvalue weighted by Gasteiger charge is -2.22. The maximum Gasteiger partial charge on any atom is -0.0304 e. The highest BCUT2D eigenvalue weighted by atomic mass is 14.2. The van der Waals surface area contributed by atoms with Crippen molar-refractivity contribution in [3.8, 4) is 0 Å². The number of rotatable bonds is 5. The Bertz CT molecular complexity index is 116. The summed E-state index contributed by atoms with van der Waals surface area (Å²) in [5.74, 6) is 1.64. The van der Waals surface area contributed by atoms with Crippen LogP contribution in [0.1, 0.15) is 60.8 Å². The molecule has 0 saturated heterocycles. The highest BCUT2D eigenvalue weighted by molar-refractivity contribution is 4.85. The third kappa shape index (κ3) is 9.92. The predicted molar refractivity (Wildman–Crippen MR) is 61.6 cm³/mol. The van der Waals surface area contributed by atoms with Gasteiger partial charge in [-0.15, -0.1) is 0 Å². The van der Waals surface area contributed by atoms with Gasteiger partial charge >= 0.3 is 0 Å². The second-order valence-electron chi connectivity index (χ2n) is 5.83. The number of hydrogen-bond acceptors (Lipinski definition) is 0. The van der Waals surface area contributed by atoms with Gasteiger partial charge in [-0.05, 0) is 23.7 Å². The van der Waals surface area contributed by atoms with E-state index < -0.39 is 0 Å². The second kappa shape index (κ2) is 5.67. The molecular formula is C13H27. The number of hydrogen-bond donors (Lipinski definition) is 0. The van der Waals surface area contributed by atoms with E-state index in [2.05, 4.69) is 48.0 Å². The lowest BCUT2D eigenvalue weighted by Crippen LogP contribution is -2.12. The molecule has 0 aromatic rings. The minimum absolute atomic E-state index is 0.386. The van der Waals surface area contributed by atoms with Crippen molar-refractivity contribution in [2.45, 2.75) is 60.8 Å². The highest BCUT2D eigenvalue weighted by Gasteiger charge is 2.15. The molecule has 0 fully saturated rings. The van der Waals surface area contributed by atoms with Gasteiger partial charge in [-0.25, -0.2) is 0 Å². The topological polar surface area (TPSA) is 0 Å². The van der Waals surface area contributed by atoms with Crippen LogP contribution in [-0.4, -0.2) is 0 Å². The lowest BCUT2D eigenvalue weighted by atomic mass is 9.83. The van der Waals surface area contributed by atoms with Crippen LogP contribution in [0.3, 0.4) is 0 Å². The van der Waals surface area contributed by atoms with Crippen molar-refractivity contribution in [2.75, 3.05) is 0 Å². The third-order valence-electron chi connectivity index (χ3n) is 2.23. The Morgan fingerprint density at radius 1 is 1.00 bits per heavy atom. The fourth-order valence-electron chi connectivity index (χ4n) is 1.78. The molecule has 0 rings (SSSR count). The first kappa shape index (κ1) is 13.0. The molecule has 0 bridgehead atoms. The summed E-state index contributed by atoms with van der Waals surface area (Å²) < 4.78 is 0. The van der Waals surface area contributed by atoms with Crippen LogP contribution in [0, 0.1) is 23.7 Å². The minimum Gasteiger partial charge on any atom is -0.0628 e. The Hall–Kier alpha value is 0. The monoisotopic (exact) mass is 183 g/mol. The Morgan fingerprint density at radius 3 is 1.92 bits per heavy atom. The molecule has 0 amide bonds. The molecule has 0 aromatic heterocycles. The fraction of sp³-hybridized carbons (Fsp3) is 0.923. The summed E-state index contributed by atoms with van der Waals surface area (Å²) in [6, 6.07) is 0. The van der Waals surface area contributed by atoms with E-state index in [0.717, 1.165) is 11.8 Å². The molecular weight excluding hydrogens is 156 g/mol. The average Bonchev–Trinajstić information content (AvgIpc) is 1.81. The largest absolute Gasteiger partial charge is 0.0628 e. The van der Waals surface area contributed by atoms with Crippen LogP contribution < -0.4 is 0 Å². The van der Waals surface area contributed by atoms with E-state index in [1.807, 2.05) is 0 Å². The summed E-state index contributed by atoms with van der Waals surface area (Å²) >= 11 is 0. The van der Waals surface area contributed by atoms with E-state index >= 15 is 0 Å². The van der Waals surface area contributed by atoms with E-state index in [4.69, 9.17) is 0 Å². The van der Waals surface area contributed by atoms with Gasteiger partial charge < -0.3 is 0 Å². The van der Waals surface area contributed by atoms with Gasteiger partial charge in [0.2, 0.25) is 0 Å². The zero-order valence-corrected chi connectivity index (χ0v) is 10.4. The van der Waals surface area contributed by atoms with Gasteiger partial charge in [0.25, 0.3) is 0 Å². The summed E-state index contributed by atoms with van der Waals surface area (Å²) in [4.78, 5) is 0. The molecule has 0 aliphatic carbocycles. The summed E-state index contributed by atoms with van der Waals surface area (Å²) in [5.41, 5.74) is 0.386. The summed E-state index contributed by atoms with van der Waals surface area (Å²) in [5, 5.41) is 0. The van der Waals surface area contributed by atoms with Crippen molar-refractivity contribution in [1.29, 1.82) is 0 Å². The van der Waals surface area contributed by atoms with E-state index in [9.17, 15) is 0 Å². The zero-order chi connectivity index (χ0) is 10.5. The van der Waals surface area contributed by atoms with Gasteiger partial charge in [-0.3, -0.25) is 0 Å². The molecule has 0 aliphatic rings. The van der Waals surface area contributed by atoms with Gasteiger partial charge in [-0.1, -0.05) is 60.8 Å². The van der Waals surface area contributed by atoms with Crippen molar-refractivity contribution in [2.24, 2.45) is 17.3 Å². The Kier molecular flexibility index (Phi) is 5.67. The fourth-order valence-corrected chi connectivity index (χ4v) is 1.78. The Labute approximate surface area is 85.1 Å². The maximum atomic E-state index is 2.48. The molecule has 0 heterocycles. The molecule has 0 nitrogen and oxygen atoms in total. The molecule has 0 spiro atoms. The Balaban J connectivity index is 3.46. The predicted octanol–water partition coefficient (Wildman–Crippen LogP) is 4.70. The summed E-state index contributed by atoms with van der Waals surface area (Å²) in [6.07, 6.45) is 6.59. The Morgan fingerprint density at radius 2 is 1.54 bits per heavy atom. The molecule has 1 radical (unpaired) electrons. The van der Waals surface area contributed by atoms with E-state index in [1.54, 1.807) is 0 Å². The van der Waals surface area contributed by atoms with Crippen LogP contribution in [0.2, 0.25) is 0 Å². The van der Waals surface area contributed by atoms with Crippen molar-refractivity contribution in [3.63, 3.8) is 0 Å². The molecule has 0 saturated carbocycles. The first-order valence-electron chi connectivity index (χ1n) is 5.67. The van der Waals surface area contributed by atoms with E-state index in [1.165, 1.54) is 19.3 Å². The van der Waals surface area contributed by atoms with Crippen LogP contribution in [-0.2, 0) is 0 Å². The molecule has 0 heteroatoms.